The minimum Gasteiger partial charge on any atom is -0.495 e. The number of alkyl carbamates (subject to hydrolysis) is 1. The van der Waals surface area contributed by atoms with Crippen molar-refractivity contribution in [1.29, 1.82) is 0 Å². The monoisotopic (exact) mass is 1010 g/mol. The van der Waals surface area contributed by atoms with E-state index in [0.717, 1.165) is 36.8 Å². The summed E-state index contributed by atoms with van der Waals surface area (Å²) >= 11 is 8.21. The van der Waals surface area contributed by atoms with E-state index in [0.29, 0.717) is 37.2 Å². The lowest BCUT2D eigenvalue weighted by Gasteiger charge is -2.41. The highest BCUT2D eigenvalue weighted by atomic mass is 35.5. The predicted octanol–water partition coefficient (Wildman–Crippen LogP) is 7.34. The Bertz CT molecular complexity index is 2260. The first-order valence-electron chi connectivity index (χ1n) is 24.7. The SMILES string of the molecule is CCC(=O)C1CCC(CN2C(=O)CC(SC(C)(C)CCC(=O)N(C)[C@@H](C)C(=O)O[C@H]3CC(=O)N(C)c4cc(cc(OC)c4Cl)C/C(C)=C/C=C/[C@@H](C)[C@@]4(O)C[C@H](OC(=O)N4)[C@@H](C)[C@@H]4O[C@@]34C)C2=O)CC1. The molecular formula is C52H73ClN4O12S. The van der Waals surface area contributed by atoms with Crippen LogP contribution >= 0.6 is 23.4 Å². The van der Waals surface area contributed by atoms with E-state index >= 15 is 0 Å². The number of methoxy groups -OCH3 is 1. The van der Waals surface area contributed by atoms with E-state index < -0.39 is 75.5 Å². The maximum atomic E-state index is 14.4. The average Bonchev–Trinajstić information content (AvgIpc) is 3.95. The van der Waals surface area contributed by atoms with Gasteiger partial charge in [0, 0.05) is 68.8 Å². The lowest BCUT2D eigenvalue weighted by Crippen LogP contribution is -2.60. The van der Waals surface area contributed by atoms with Crippen LogP contribution in [0.4, 0.5) is 10.5 Å². The quantitative estimate of drug-likeness (QED) is 0.113. The molecule has 6 rings (SSSR count). The summed E-state index contributed by atoms with van der Waals surface area (Å²) in [6.45, 7) is 14.9. The first kappa shape index (κ1) is 54.9. The Hall–Kier alpha value is -4.45. The molecule has 1 saturated carbocycles. The Kier molecular flexibility index (Phi) is 17.3. The molecule has 4 bridgehead atoms. The van der Waals surface area contributed by atoms with Crippen molar-refractivity contribution in [2.24, 2.45) is 23.7 Å². The van der Waals surface area contributed by atoms with Crippen molar-refractivity contribution in [3.63, 3.8) is 0 Å². The molecule has 4 fully saturated rings. The molecule has 16 nitrogen and oxygen atoms in total. The number of allylic oxidation sites excluding steroid dienone is 3. The molecule has 1 aliphatic carbocycles. The number of thioether (sulfide) groups is 1. The number of Topliss-reactive ketones (excluding diaryl/α,β-unsaturated/α-hetero) is 1. The minimum atomic E-state index is -1.66. The van der Waals surface area contributed by atoms with Crippen molar-refractivity contribution in [1.82, 2.24) is 15.1 Å². The topological polar surface area (TPSA) is 202 Å². The standard InChI is InChI=1S/C52H73ClN4O12S/c1-12-37(58)35-18-16-33(17-19-35)28-57-44(61)25-40(47(57)62)70-50(6,7)21-20-42(59)55(9)32(5)48(63)68-41-26-43(60)56(10)36-23-34(24-38(66-11)45(36)53)22-29(2)14-13-15-30(3)52(65)27-39(67-49(64)54-52)31(4)46-51(41,8)69-46/h13-15,23-24,30-33,35,39-41,46,65H,12,16-22,25-28H2,1-11H3,(H,54,64)/b15-13+,29-14+/t30-,31-,32+,33?,35?,39+,40?,41+,46+,51+,52+/m1/s1. The second-order valence-corrected chi connectivity index (χ2v) is 23.3. The summed E-state index contributed by atoms with van der Waals surface area (Å²) in [5, 5.41) is 14.0. The molecule has 18 heteroatoms. The van der Waals surface area contributed by atoms with Gasteiger partial charge in [-0.25, -0.2) is 9.59 Å². The zero-order chi connectivity index (χ0) is 51.6. The van der Waals surface area contributed by atoms with Crippen LogP contribution in [0.3, 0.4) is 0 Å². The molecule has 5 amide bonds. The number of hydrogen-bond acceptors (Lipinski definition) is 13. The van der Waals surface area contributed by atoms with E-state index in [4.69, 9.17) is 30.5 Å². The van der Waals surface area contributed by atoms with Crippen molar-refractivity contribution < 1.29 is 57.6 Å². The van der Waals surface area contributed by atoms with Crippen molar-refractivity contribution in [2.75, 3.05) is 32.6 Å². The van der Waals surface area contributed by atoms with Gasteiger partial charge in [-0.3, -0.25) is 34.2 Å². The molecular weight excluding hydrogens is 940 g/mol. The molecule has 9 atom stereocenters. The van der Waals surface area contributed by atoms with E-state index in [-0.39, 0.29) is 66.0 Å². The van der Waals surface area contributed by atoms with Crippen LogP contribution in [-0.2, 0) is 49.4 Å². The van der Waals surface area contributed by atoms with E-state index in [1.807, 2.05) is 52.8 Å². The number of amides is 5. The Balaban J connectivity index is 1.14. The summed E-state index contributed by atoms with van der Waals surface area (Å²) in [5.74, 6) is -2.18. The first-order valence-corrected chi connectivity index (χ1v) is 25.9. The number of nitrogens with zero attached hydrogens (tertiary/aromatic N) is 3. The van der Waals surface area contributed by atoms with Crippen LogP contribution in [0.2, 0.25) is 5.02 Å². The van der Waals surface area contributed by atoms with Crippen molar-refractivity contribution >= 4 is 70.5 Å². The summed E-state index contributed by atoms with van der Waals surface area (Å²) < 4.78 is 23.3. The second kappa shape index (κ2) is 22.1. The van der Waals surface area contributed by atoms with Crippen LogP contribution in [0, 0.1) is 23.7 Å². The number of halogens is 1. The van der Waals surface area contributed by atoms with Crippen molar-refractivity contribution in [3.05, 3.63) is 46.5 Å². The van der Waals surface area contributed by atoms with Gasteiger partial charge in [0.15, 0.2) is 0 Å². The van der Waals surface area contributed by atoms with Crippen LogP contribution in [0.15, 0.2) is 35.9 Å². The number of anilines is 1. The number of epoxide rings is 1. The minimum absolute atomic E-state index is 0.0257. The molecule has 386 valence electrons. The molecule has 0 radical (unpaired) electrons. The van der Waals surface area contributed by atoms with Gasteiger partial charge < -0.3 is 33.9 Å². The van der Waals surface area contributed by atoms with Gasteiger partial charge in [-0.1, -0.05) is 70.0 Å². The molecule has 1 aromatic rings. The summed E-state index contributed by atoms with van der Waals surface area (Å²) in [5.41, 5.74) is -0.778. The highest BCUT2D eigenvalue weighted by molar-refractivity contribution is 8.02. The highest BCUT2D eigenvalue weighted by Crippen LogP contribution is 2.49. The molecule has 1 aromatic carbocycles. The maximum Gasteiger partial charge on any atom is 0.409 e. The number of ether oxygens (including phenoxy) is 4. The van der Waals surface area contributed by atoms with Gasteiger partial charge in [-0.15, -0.1) is 11.8 Å². The Morgan fingerprint density at radius 1 is 1.09 bits per heavy atom. The van der Waals surface area contributed by atoms with Gasteiger partial charge >= 0.3 is 12.1 Å². The van der Waals surface area contributed by atoms with Gasteiger partial charge in [0.1, 0.15) is 46.1 Å². The largest absolute Gasteiger partial charge is 0.495 e. The molecule has 1 unspecified atom stereocenters. The van der Waals surface area contributed by atoms with Crippen molar-refractivity contribution in [2.45, 2.75) is 172 Å². The number of likely N-dealkylation sites (N-methyl/N-ethyl adjacent to an activating group) is 1. The molecule has 3 saturated heterocycles. The number of hydrogen-bond donors (Lipinski definition) is 2. The first-order chi connectivity index (χ1) is 32.8. The normalized spacial score (nSPS) is 32.4. The summed E-state index contributed by atoms with van der Waals surface area (Å²) in [6, 6.07) is 2.50. The Morgan fingerprint density at radius 2 is 1.77 bits per heavy atom. The van der Waals surface area contributed by atoms with Crippen LogP contribution in [-0.4, -0.2) is 130 Å². The number of rotatable bonds is 13. The number of aliphatic hydroxyl groups is 1. The fourth-order valence-electron chi connectivity index (χ4n) is 10.3. The number of esters is 1. The van der Waals surface area contributed by atoms with E-state index in [9.17, 15) is 38.7 Å². The summed E-state index contributed by atoms with van der Waals surface area (Å²) in [4.78, 5) is 98.3. The second-order valence-electron chi connectivity index (χ2n) is 21.0. The number of likely N-dealkylation sites (tertiary alicyclic amines) is 1. The zero-order valence-corrected chi connectivity index (χ0v) is 44.2. The molecule has 70 heavy (non-hydrogen) atoms. The number of ketones is 1. The molecule has 0 aromatic heterocycles. The lowest BCUT2D eigenvalue weighted by molar-refractivity contribution is -0.162. The predicted molar refractivity (Wildman–Crippen MR) is 266 cm³/mol. The number of fused-ring (bicyclic) bond motifs is 5. The Morgan fingerprint density at radius 3 is 2.43 bits per heavy atom. The molecule has 4 heterocycles. The molecule has 0 spiro atoms. The number of carbonyl (C=O) groups excluding carboxylic acids is 7. The number of benzene rings is 1. The Labute approximate surface area is 421 Å². The van der Waals surface area contributed by atoms with Gasteiger partial charge in [0.05, 0.1) is 30.6 Å². The van der Waals surface area contributed by atoms with Crippen LogP contribution in [0.1, 0.15) is 125 Å². The van der Waals surface area contributed by atoms with Gasteiger partial charge in [0.25, 0.3) is 0 Å². The van der Waals surface area contributed by atoms with E-state index in [1.165, 1.54) is 40.6 Å². The van der Waals surface area contributed by atoms with Crippen LogP contribution < -0.4 is 15.0 Å². The number of imide groups is 1. The van der Waals surface area contributed by atoms with E-state index in [1.54, 1.807) is 40.0 Å². The number of carbonyl (C=O) groups is 7. The summed E-state index contributed by atoms with van der Waals surface area (Å²) in [7, 11) is 4.56. The van der Waals surface area contributed by atoms with Gasteiger partial charge in [-0.2, -0.15) is 0 Å². The number of nitrogens with one attached hydrogen (secondary N) is 1. The third kappa shape index (κ3) is 12.4. The third-order valence-electron chi connectivity index (χ3n) is 15.4. The summed E-state index contributed by atoms with van der Waals surface area (Å²) in [6.07, 6.45) is 6.38. The maximum absolute atomic E-state index is 14.4. The average molecular weight is 1010 g/mol. The van der Waals surface area contributed by atoms with Gasteiger partial charge in [-0.05, 0) is 82.9 Å². The van der Waals surface area contributed by atoms with E-state index in [2.05, 4.69) is 5.32 Å². The zero-order valence-electron chi connectivity index (χ0n) is 42.6. The smallest absolute Gasteiger partial charge is 0.409 e. The molecule has 4 aliphatic heterocycles. The fraction of sp³-hybridized carbons (Fsp3) is 0.673. The van der Waals surface area contributed by atoms with Crippen LogP contribution in [0.5, 0.6) is 5.75 Å². The fourth-order valence-corrected chi connectivity index (χ4v) is 12.1. The van der Waals surface area contributed by atoms with Crippen LogP contribution in [0.25, 0.3) is 0 Å². The third-order valence-corrected chi connectivity index (χ3v) is 17.2. The lowest BCUT2D eigenvalue weighted by atomic mass is 9.79. The van der Waals surface area contributed by atoms with Crippen molar-refractivity contribution in [3.8, 4) is 5.75 Å². The highest BCUT2D eigenvalue weighted by Gasteiger charge is 2.64. The molecule has 2 N–H and O–H groups in total. The van der Waals surface area contributed by atoms with Gasteiger partial charge in [0.2, 0.25) is 23.6 Å². The molecule has 5 aliphatic rings.